The molecule has 0 spiro atoms. The Morgan fingerprint density at radius 2 is 2.00 bits per heavy atom. The summed E-state index contributed by atoms with van der Waals surface area (Å²) in [5.41, 5.74) is 8.85. The Labute approximate surface area is 154 Å². The van der Waals surface area contributed by atoms with Gasteiger partial charge >= 0.3 is 0 Å². The average molecular weight is 373 g/mol. The number of hydrogen-bond acceptors (Lipinski definition) is 8. The van der Waals surface area contributed by atoms with E-state index in [-0.39, 0.29) is 12.6 Å². The van der Waals surface area contributed by atoms with Crippen LogP contribution in [0, 0.1) is 0 Å². The van der Waals surface area contributed by atoms with Crippen molar-refractivity contribution in [3.05, 3.63) is 35.0 Å². The molecule has 3 aromatic rings. The molecular formula is C17H17ClN6O2. The van der Waals surface area contributed by atoms with E-state index in [1.165, 1.54) is 0 Å². The molecule has 1 aliphatic rings. The van der Waals surface area contributed by atoms with Crippen molar-refractivity contribution in [1.29, 1.82) is 0 Å². The molecule has 0 saturated carbocycles. The number of aliphatic hydroxyl groups excluding tert-OH is 1. The van der Waals surface area contributed by atoms with Crippen molar-refractivity contribution in [2.45, 2.75) is 6.61 Å². The van der Waals surface area contributed by atoms with Gasteiger partial charge in [0.2, 0.25) is 5.95 Å². The first kappa shape index (κ1) is 16.9. The highest BCUT2D eigenvalue weighted by atomic mass is 35.5. The minimum Gasteiger partial charge on any atom is -0.392 e. The summed E-state index contributed by atoms with van der Waals surface area (Å²) in [7, 11) is 0. The second-order valence-corrected chi connectivity index (χ2v) is 6.31. The van der Waals surface area contributed by atoms with Crippen LogP contribution in [0.1, 0.15) is 5.56 Å². The average Bonchev–Trinajstić information content (AvgIpc) is 2.68. The maximum atomic E-state index is 9.38. The molecule has 0 radical (unpaired) electrons. The minimum absolute atomic E-state index is 0.0795. The predicted octanol–water partition coefficient (Wildman–Crippen LogP) is 1.65. The summed E-state index contributed by atoms with van der Waals surface area (Å²) in [4.78, 5) is 19.7. The third-order valence-corrected chi connectivity index (χ3v) is 4.54. The van der Waals surface area contributed by atoms with Crippen LogP contribution in [0.4, 0.5) is 11.8 Å². The number of fused-ring (bicyclic) bond motifs is 1. The minimum atomic E-state index is -0.0795. The molecule has 1 aliphatic heterocycles. The SMILES string of the molecule is Nc1nc(N2CCOCC2)c2nc(-c3cc(CO)ccc3Cl)cnc2n1. The van der Waals surface area contributed by atoms with E-state index < -0.39 is 0 Å². The van der Waals surface area contributed by atoms with E-state index in [1.54, 1.807) is 24.4 Å². The summed E-state index contributed by atoms with van der Waals surface area (Å²) in [6.07, 6.45) is 1.60. The molecule has 0 unspecified atom stereocenters. The zero-order valence-electron chi connectivity index (χ0n) is 13.9. The molecular weight excluding hydrogens is 356 g/mol. The van der Waals surface area contributed by atoms with Crippen molar-refractivity contribution in [3.63, 3.8) is 0 Å². The number of benzene rings is 1. The summed E-state index contributed by atoms with van der Waals surface area (Å²) < 4.78 is 5.40. The fraction of sp³-hybridized carbons (Fsp3) is 0.294. The molecule has 1 fully saturated rings. The normalized spacial score (nSPS) is 14.8. The number of nitrogens with two attached hydrogens (primary N) is 1. The molecule has 3 heterocycles. The van der Waals surface area contributed by atoms with Crippen molar-refractivity contribution in [2.75, 3.05) is 36.9 Å². The van der Waals surface area contributed by atoms with Gasteiger partial charge in [-0.2, -0.15) is 9.97 Å². The van der Waals surface area contributed by atoms with Gasteiger partial charge in [0.1, 0.15) is 0 Å². The van der Waals surface area contributed by atoms with Gasteiger partial charge in [0, 0.05) is 18.7 Å². The van der Waals surface area contributed by atoms with Gasteiger partial charge in [0.25, 0.3) is 0 Å². The zero-order chi connectivity index (χ0) is 18.1. The quantitative estimate of drug-likeness (QED) is 0.714. The molecule has 2 aromatic heterocycles. The molecule has 3 N–H and O–H groups in total. The van der Waals surface area contributed by atoms with Crippen molar-refractivity contribution in [3.8, 4) is 11.3 Å². The number of hydrogen-bond donors (Lipinski definition) is 2. The lowest BCUT2D eigenvalue weighted by Gasteiger charge is -2.28. The molecule has 8 nitrogen and oxygen atoms in total. The molecule has 1 aromatic carbocycles. The maximum Gasteiger partial charge on any atom is 0.224 e. The Hall–Kier alpha value is -2.55. The summed E-state index contributed by atoms with van der Waals surface area (Å²) in [6.45, 7) is 2.53. The lowest BCUT2D eigenvalue weighted by Crippen LogP contribution is -2.37. The van der Waals surface area contributed by atoms with Gasteiger partial charge in [-0.25, -0.2) is 9.97 Å². The van der Waals surface area contributed by atoms with Crippen LogP contribution in [0.2, 0.25) is 5.02 Å². The van der Waals surface area contributed by atoms with Crippen LogP contribution in [0.3, 0.4) is 0 Å². The number of ether oxygens (including phenoxy) is 1. The van der Waals surface area contributed by atoms with Crippen LogP contribution < -0.4 is 10.6 Å². The molecule has 26 heavy (non-hydrogen) atoms. The van der Waals surface area contributed by atoms with Crippen LogP contribution in [0.15, 0.2) is 24.4 Å². The Morgan fingerprint density at radius 1 is 1.19 bits per heavy atom. The Kier molecular flexibility index (Phi) is 4.54. The van der Waals surface area contributed by atoms with E-state index >= 15 is 0 Å². The number of aliphatic hydroxyl groups is 1. The number of halogens is 1. The Balaban J connectivity index is 1.87. The number of aromatic nitrogens is 4. The summed E-state index contributed by atoms with van der Waals surface area (Å²) in [5, 5.41) is 9.91. The fourth-order valence-corrected chi connectivity index (χ4v) is 3.12. The first-order valence-electron chi connectivity index (χ1n) is 8.18. The van der Waals surface area contributed by atoms with E-state index in [0.717, 1.165) is 5.56 Å². The van der Waals surface area contributed by atoms with Gasteiger partial charge in [0.15, 0.2) is 17.0 Å². The monoisotopic (exact) mass is 372 g/mol. The fourth-order valence-electron chi connectivity index (χ4n) is 2.90. The topological polar surface area (TPSA) is 110 Å². The van der Waals surface area contributed by atoms with Crippen molar-refractivity contribution >= 4 is 34.5 Å². The number of rotatable bonds is 3. The second kappa shape index (κ2) is 6.99. The molecule has 1 saturated heterocycles. The van der Waals surface area contributed by atoms with Gasteiger partial charge in [-0.15, -0.1) is 0 Å². The van der Waals surface area contributed by atoms with Gasteiger partial charge in [0.05, 0.1) is 36.7 Å². The highest BCUT2D eigenvalue weighted by Gasteiger charge is 2.19. The van der Waals surface area contributed by atoms with Gasteiger partial charge in [-0.1, -0.05) is 17.7 Å². The first-order chi connectivity index (χ1) is 12.7. The van der Waals surface area contributed by atoms with Crippen LogP contribution in [-0.4, -0.2) is 51.3 Å². The Morgan fingerprint density at radius 3 is 2.77 bits per heavy atom. The molecule has 0 aliphatic carbocycles. The van der Waals surface area contributed by atoms with E-state index in [0.29, 0.717) is 59.6 Å². The standard InChI is InChI=1S/C17H17ClN6O2/c18-12-2-1-10(9-25)7-11(12)13-8-20-15-14(21-13)16(23-17(19)22-15)24-3-5-26-6-4-24/h1-2,7-8,25H,3-6,9H2,(H2,19,20,22,23). The smallest absolute Gasteiger partial charge is 0.224 e. The number of anilines is 2. The van der Waals surface area contributed by atoms with E-state index in [2.05, 4.69) is 19.9 Å². The van der Waals surface area contributed by atoms with E-state index in [9.17, 15) is 5.11 Å². The molecule has 0 atom stereocenters. The van der Waals surface area contributed by atoms with Crippen molar-refractivity contribution in [1.82, 2.24) is 19.9 Å². The van der Waals surface area contributed by atoms with Crippen LogP contribution in [0.25, 0.3) is 22.4 Å². The lowest BCUT2D eigenvalue weighted by molar-refractivity contribution is 0.122. The summed E-state index contributed by atoms with van der Waals surface area (Å²) in [5.74, 6) is 0.793. The molecule has 9 heteroatoms. The third kappa shape index (κ3) is 3.14. The van der Waals surface area contributed by atoms with Gasteiger partial charge < -0.3 is 20.5 Å². The largest absolute Gasteiger partial charge is 0.392 e. The van der Waals surface area contributed by atoms with Crippen LogP contribution >= 0.6 is 11.6 Å². The highest BCUT2D eigenvalue weighted by Crippen LogP contribution is 2.30. The molecule has 134 valence electrons. The Bertz CT molecular complexity index is 961. The van der Waals surface area contributed by atoms with Gasteiger partial charge in [-0.3, -0.25) is 0 Å². The van der Waals surface area contributed by atoms with Crippen LogP contribution in [0.5, 0.6) is 0 Å². The maximum absolute atomic E-state index is 9.38. The lowest BCUT2D eigenvalue weighted by atomic mass is 10.1. The second-order valence-electron chi connectivity index (χ2n) is 5.90. The van der Waals surface area contributed by atoms with Gasteiger partial charge in [-0.05, 0) is 17.7 Å². The number of morpholine rings is 1. The predicted molar refractivity (Wildman–Crippen MR) is 98.9 cm³/mol. The zero-order valence-corrected chi connectivity index (χ0v) is 14.6. The highest BCUT2D eigenvalue weighted by molar-refractivity contribution is 6.33. The third-order valence-electron chi connectivity index (χ3n) is 4.21. The van der Waals surface area contributed by atoms with E-state index in [1.807, 2.05) is 0 Å². The molecule has 0 amide bonds. The number of nitrogens with zero attached hydrogens (tertiary/aromatic N) is 5. The first-order valence-corrected chi connectivity index (χ1v) is 8.56. The molecule has 0 bridgehead atoms. The summed E-state index contributed by atoms with van der Waals surface area (Å²) in [6, 6.07) is 5.30. The summed E-state index contributed by atoms with van der Waals surface area (Å²) >= 11 is 6.32. The van der Waals surface area contributed by atoms with Crippen LogP contribution in [-0.2, 0) is 11.3 Å². The molecule has 4 rings (SSSR count). The van der Waals surface area contributed by atoms with Crippen molar-refractivity contribution < 1.29 is 9.84 Å². The van der Waals surface area contributed by atoms with Crippen molar-refractivity contribution in [2.24, 2.45) is 0 Å². The number of nitrogen functional groups attached to an aromatic ring is 1. The van der Waals surface area contributed by atoms with E-state index in [4.69, 9.17) is 27.1 Å².